The van der Waals surface area contributed by atoms with E-state index in [2.05, 4.69) is 58.6 Å². The maximum Gasteiger partial charge on any atom is 0.251 e. The highest BCUT2D eigenvalue weighted by Gasteiger charge is 2.50. The van der Waals surface area contributed by atoms with Gasteiger partial charge < -0.3 is 30.0 Å². The number of hydrogen-bond donors (Lipinski definition) is 3. The molecule has 238 valence electrons. The summed E-state index contributed by atoms with van der Waals surface area (Å²) in [5, 5.41) is 12.2. The molecule has 3 fully saturated rings. The number of aromatic nitrogens is 1. The Morgan fingerprint density at radius 3 is 2.67 bits per heavy atom. The summed E-state index contributed by atoms with van der Waals surface area (Å²) in [6.45, 7) is 9.97. The first-order valence-corrected chi connectivity index (χ1v) is 17.0. The Bertz CT molecular complexity index is 1580. The van der Waals surface area contributed by atoms with Gasteiger partial charge in [-0.2, -0.15) is 0 Å². The lowest BCUT2D eigenvalue weighted by Crippen LogP contribution is -2.68. The first-order valence-electron chi connectivity index (χ1n) is 16.4. The van der Waals surface area contributed by atoms with Crippen LogP contribution in [0.5, 0.6) is 5.75 Å². The van der Waals surface area contributed by atoms with E-state index in [1.807, 2.05) is 19.9 Å². The third-order valence-corrected chi connectivity index (χ3v) is 9.75. The number of ether oxygens (including phenoxy) is 2. The van der Waals surface area contributed by atoms with E-state index in [1.54, 1.807) is 19.2 Å². The van der Waals surface area contributed by atoms with Crippen LogP contribution in [-0.2, 0) is 11.3 Å². The molecule has 0 bridgehead atoms. The van der Waals surface area contributed by atoms with Crippen molar-refractivity contribution < 1.29 is 14.3 Å². The maximum atomic E-state index is 12.2. The second kappa shape index (κ2) is 13.4. The summed E-state index contributed by atoms with van der Waals surface area (Å²) < 4.78 is 13.3. The fourth-order valence-electron chi connectivity index (χ4n) is 7.27. The van der Waals surface area contributed by atoms with Gasteiger partial charge in [0.25, 0.3) is 5.91 Å². The molecule has 2 saturated heterocycles. The highest BCUT2D eigenvalue weighted by molar-refractivity contribution is 7.22. The summed E-state index contributed by atoms with van der Waals surface area (Å²) >= 11 is 0. The Morgan fingerprint density at radius 2 is 2.00 bits per heavy atom. The zero-order chi connectivity index (χ0) is 31.6. The molecule has 2 radical (unpaired) electrons. The zero-order valence-electron chi connectivity index (χ0n) is 27.0. The molecule has 1 aromatic carbocycles. The Labute approximate surface area is 271 Å². The van der Waals surface area contributed by atoms with Gasteiger partial charge in [-0.3, -0.25) is 9.69 Å². The van der Waals surface area contributed by atoms with Crippen LogP contribution in [0.15, 0.2) is 24.3 Å². The van der Waals surface area contributed by atoms with Crippen molar-refractivity contribution in [2.75, 3.05) is 51.8 Å². The van der Waals surface area contributed by atoms with Gasteiger partial charge >= 0.3 is 0 Å². The number of amides is 1. The number of hydrogen-bond acceptors (Lipinski definition) is 6. The van der Waals surface area contributed by atoms with E-state index in [1.165, 1.54) is 55.0 Å². The minimum absolute atomic E-state index is 0.118. The van der Waals surface area contributed by atoms with E-state index in [9.17, 15) is 4.79 Å². The van der Waals surface area contributed by atoms with Gasteiger partial charge in [-0.1, -0.05) is 18.9 Å². The Balaban J connectivity index is 1.15. The summed E-state index contributed by atoms with van der Waals surface area (Å²) in [6, 6.07) is 8.89. The molecule has 45 heavy (non-hydrogen) atoms. The number of likely N-dealkylation sites (tertiary alicyclic amines) is 1. The predicted molar refractivity (Wildman–Crippen MR) is 185 cm³/mol. The van der Waals surface area contributed by atoms with Crippen LogP contribution < -0.4 is 31.3 Å². The number of nitrogens with one attached hydrogen (secondary N) is 3. The Morgan fingerprint density at radius 1 is 1.22 bits per heavy atom. The van der Waals surface area contributed by atoms with E-state index in [0.29, 0.717) is 42.4 Å². The number of methoxy groups -OCH3 is 1. The lowest BCUT2D eigenvalue weighted by atomic mass is 9.75. The average molecular weight is 628 g/mol. The van der Waals surface area contributed by atoms with Crippen molar-refractivity contribution in [3.05, 3.63) is 46.1 Å². The number of carbonyl (C=O) groups excluding carboxylic acids is 1. The van der Waals surface area contributed by atoms with E-state index in [4.69, 9.17) is 17.3 Å². The Kier molecular flexibility index (Phi) is 9.57. The van der Waals surface area contributed by atoms with Crippen LogP contribution in [0, 0.1) is 17.3 Å². The summed E-state index contributed by atoms with van der Waals surface area (Å²) in [6.07, 6.45) is 9.33. The van der Waals surface area contributed by atoms with E-state index in [0.717, 1.165) is 43.5 Å². The van der Waals surface area contributed by atoms with E-state index in [-0.39, 0.29) is 5.91 Å². The molecule has 1 saturated carbocycles. The molecule has 2 aromatic rings. The molecule has 10 heteroatoms. The second-order valence-electron chi connectivity index (χ2n) is 13.6. The van der Waals surface area contributed by atoms with Gasteiger partial charge in [-0.25, -0.2) is 0 Å². The second-order valence-corrected chi connectivity index (χ2v) is 14.9. The fraction of sp³-hybridized carbons (Fsp3) is 0.571. The van der Waals surface area contributed by atoms with Crippen LogP contribution in [-0.4, -0.2) is 86.9 Å². The molecular formula is C35H47BN5O3P. The number of fused-ring (bicyclic) bond motifs is 1. The summed E-state index contributed by atoms with van der Waals surface area (Å²) in [5.41, 5.74) is 4.15. The molecular weight excluding hydrogens is 580 g/mol. The first kappa shape index (κ1) is 32.0. The summed E-state index contributed by atoms with van der Waals surface area (Å²) in [7, 11) is 10.9. The first-order chi connectivity index (χ1) is 21.7. The van der Waals surface area contributed by atoms with Crippen LogP contribution in [0.25, 0.3) is 11.8 Å². The normalized spacial score (nSPS) is 23.2. The number of benzene rings is 1. The fourth-order valence-corrected chi connectivity index (χ4v) is 7.45. The zero-order valence-corrected chi connectivity index (χ0v) is 28.2. The number of rotatable bonds is 10. The molecule has 8 nitrogen and oxygen atoms in total. The molecule has 2 aliphatic carbocycles. The van der Waals surface area contributed by atoms with Gasteiger partial charge in [0.1, 0.15) is 5.75 Å². The van der Waals surface area contributed by atoms with Gasteiger partial charge in [0.05, 0.1) is 46.1 Å². The van der Waals surface area contributed by atoms with Crippen molar-refractivity contribution in [1.29, 1.82) is 0 Å². The smallest absolute Gasteiger partial charge is 0.251 e. The monoisotopic (exact) mass is 627 g/mol. The summed E-state index contributed by atoms with van der Waals surface area (Å²) in [4.78, 5) is 14.9. The molecule has 2 atom stereocenters. The van der Waals surface area contributed by atoms with Crippen LogP contribution in [0.4, 0.5) is 5.69 Å². The minimum atomic E-state index is -0.459. The quantitative estimate of drug-likeness (QED) is 0.214. The molecule has 3 N–H and O–H groups in total. The SMILES string of the molecule is [B]C(C)(P)Cn1c(C#CCNc2ccc(C(=O)NCC)cc2OC)cc2c1=CCCC=2NC1CCC(N2CC3(COC3)C2)CC1. The van der Waals surface area contributed by atoms with Crippen molar-refractivity contribution in [2.45, 2.75) is 76.1 Å². The summed E-state index contributed by atoms with van der Waals surface area (Å²) in [5.74, 6) is 7.22. The van der Waals surface area contributed by atoms with E-state index >= 15 is 0 Å². The molecule has 3 heterocycles. The number of anilines is 1. The highest BCUT2D eigenvalue weighted by Crippen LogP contribution is 2.41. The van der Waals surface area contributed by atoms with Crippen molar-refractivity contribution >= 4 is 40.5 Å². The molecule has 4 aliphatic rings. The highest BCUT2D eigenvalue weighted by atomic mass is 31.0. The number of carbonyl (C=O) groups is 1. The van der Waals surface area contributed by atoms with Crippen molar-refractivity contribution in [2.24, 2.45) is 5.41 Å². The topological polar surface area (TPSA) is 79.8 Å². The van der Waals surface area contributed by atoms with Crippen LogP contribution in [0.2, 0.25) is 0 Å². The van der Waals surface area contributed by atoms with Gasteiger partial charge in [0.2, 0.25) is 0 Å². The maximum absolute atomic E-state index is 12.2. The minimum Gasteiger partial charge on any atom is -0.495 e. The molecule has 1 aromatic heterocycles. The Hall–Kier alpha value is -2.92. The van der Waals surface area contributed by atoms with Crippen molar-refractivity contribution in [1.82, 2.24) is 20.1 Å². The molecule has 1 spiro atoms. The number of nitrogens with zero attached hydrogens (tertiary/aromatic N) is 2. The largest absolute Gasteiger partial charge is 0.495 e. The van der Waals surface area contributed by atoms with Gasteiger partial charge in [0.15, 0.2) is 0 Å². The third kappa shape index (κ3) is 7.24. The lowest BCUT2D eigenvalue weighted by Gasteiger charge is -2.58. The van der Waals surface area contributed by atoms with Crippen molar-refractivity contribution in [3.8, 4) is 17.6 Å². The third-order valence-electron chi connectivity index (χ3n) is 9.56. The molecule has 2 aliphatic heterocycles. The van der Waals surface area contributed by atoms with Gasteiger partial charge in [-0.15, -0.1) is 9.24 Å². The predicted octanol–water partition coefficient (Wildman–Crippen LogP) is 2.39. The molecule has 1 amide bonds. The lowest BCUT2D eigenvalue weighted by molar-refractivity contribution is -0.200. The standard InChI is InChI=1S/C35H47BN5O3P/c1-4-37-33(42)24-10-15-30(32(17-24)43-3)38-16-6-7-27-18-28-29(8-5-9-31(28)41(27)19-34(2,36)45)39-25-11-13-26(14-12-25)40-20-35(21-40)22-44-23-35/h9-10,15,17-18,25-26,38-39H,4-5,8,11-14,16,19-23,45H2,1-3H3,(H,37,42). The average Bonchev–Trinajstić information content (AvgIpc) is 3.31. The van der Waals surface area contributed by atoms with Crippen LogP contribution >= 0.6 is 9.24 Å². The van der Waals surface area contributed by atoms with Gasteiger partial charge in [-0.05, 0) is 80.7 Å². The van der Waals surface area contributed by atoms with Crippen molar-refractivity contribution in [3.63, 3.8) is 0 Å². The van der Waals surface area contributed by atoms with Crippen LogP contribution in [0.1, 0.15) is 68.4 Å². The molecule has 6 rings (SSSR count). The van der Waals surface area contributed by atoms with E-state index < -0.39 is 5.06 Å². The van der Waals surface area contributed by atoms with Gasteiger partial charge in [0, 0.05) is 65.5 Å². The van der Waals surface area contributed by atoms with Crippen LogP contribution in [0.3, 0.4) is 0 Å². The molecule has 2 unspecified atom stereocenters.